The van der Waals surface area contributed by atoms with Crippen molar-refractivity contribution in [3.63, 3.8) is 0 Å². The third-order valence-electron chi connectivity index (χ3n) is 4.98. The molecule has 0 heterocycles. The van der Waals surface area contributed by atoms with Gasteiger partial charge in [0.2, 0.25) is 0 Å². The number of aromatic hydroxyl groups is 1. The number of benzene rings is 1. The number of ether oxygens (including phenoxy) is 2. The number of guanidine groups is 1. The van der Waals surface area contributed by atoms with Crippen LogP contribution in [0, 0.1) is 5.92 Å². The van der Waals surface area contributed by atoms with Crippen molar-refractivity contribution < 1.29 is 14.6 Å². The highest BCUT2D eigenvalue weighted by Gasteiger charge is 2.25. The molecule has 146 valence electrons. The van der Waals surface area contributed by atoms with Crippen LogP contribution in [0.5, 0.6) is 11.5 Å². The molecule has 0 saturated heterocycles. The number of methoxy groups -OCH3 is 1. The van der Waals surface area contributed by atoms with E-state index in [4.69, 9.17) is 9.47 Å². The van der Waals surface area contributed by atoms with Crippen LogP contribution in [0.1, 0.15) is 44.6 Å². The van der Waals surface area contributed by atoms with Gasteiger partial charge in [-0.05, 0) is 50.3 Å². The Morgan fingerprint density at radius 2 is 2.08 bits per heavy atom. The Hall–Kier alpha value is -1.95. The summed E-state index contributed by atoms with van der Waals surface area (Å²) in [6.07, 6.45) is 6.53. The van der Waals surface area contributed by atoms with Gasteiger partial charge in [-0.1, -0.05) is 12.8 Å². The second kappa shape index (κ2) is 10.9. The van der Waals surface area contributed by atoms with Gasteiger partial charge >= 0.3 is 0 Å². The first-order valence-electron chi connectivity index (χ1n) is 9.60. The Kier molecular flexibility index (Phi) is 8.54. The van der Waals surface area contributed by atoms with Crippen LogP contribution in [-0.4, -0.2) is 44.5 Å². The maximum absolute atomic E-state index is 9.97. The normalized spacial score (nSPS) is 16.5. The quantitative estimate of drug-likeness (QED) is 0.464. The first-order chi connectivity index (χ1) is 12.7. The predicted octanol–water partition coefficient (Wildman–Crippen LogP) is 3.05. The number of nitrogens with one attached hydrogen (secondary N) is 2. The summed E-state index contributed by atoms with van der Waals surface area (Å²) >= 11 is 0. The smallest absolute Gasteiger partial charge is 0.191 e. The number of hydrogen-bond donors (Lipinski definition) is 3. The van der Waals surface area contributed by atoms with Gasteiger partial charge in [0.05, 0.1) is 13.2 Å². The Labute approximate surface area is 157 Å². The van der Waals surface area contributed by atoms with Crippen molar-refractivity contribution in [3.8, 4) is 11.5 Å². The standard InChI is InChI=1S/C20H33N3O3/c1-4-26-19(15-7-5-6-8-15)11-12-22-20(21-2)23-14-16-13-17(25-3)9-10-18(16)24/h9-10,13,15,19,24H,4-8,11-12,14H2,1-3H3,(H2,21,22,23). The summed E-state index contributed by atoms with van der Waals surface area (Å²) in [5, 5.41) is 16.6. The zero-order valence-electron chi connectivity index (χ0n) is 16.3. The lowest BCUT2D eigenvalue weighted by atomic mass is 9.98. The number of phenols is 1. The maximum Gasteiger partial charge on any atom is 0.191 e. The predicted molar refractivity (Wildman–Crippen MR) is 105 cm³/mol. The first kappa shape index (κ1) is 20.4. The molecule has 1 unspecified atom stereocenters. The van der Waals surface area contributed by atoms with Gasteiger partial charge in [0, 0.05) is 32.3 Å². The molecule has 6 heteroatoms. The van der Waals surface area contributed by atoms with Crippen LogP contribution < -0.4 is 15.4 Å². The number of phenolic OH excluding ortho intramolecular Hbond substituents is 1. The molecule has 1 aliphatic rings. The molecule has 2 rings (SSSR count). The fraction of sp³-hybridized carbons (Fsp3) is 0.650. The van der Waals surface area contributed by atoms with Crippen molar-refractivity contribution in [2.75, 3.05) is 27.3 Å². The van der Waals surface area contributed by atoms with Crippen molar-refractivity contribution >= 4 is 5.96 Å². The molecule has 6 nitrogen and oxygen atoms in total. The van der Waals surface area contributed by atoms with Crippen molar-refractivity contribution in [2.45, 2.75) is 51.7 Å². The van der Waals surface area contributed by atoms with Crippen LogP contribution in [0.15, 0.2) is 23.2 Å². The van der Waals surface area contributed by atoms with E-state index < -0.39 is 0 Å². The van der Waals surface area contributed by atoms with E-state index in [0.717, 1.165) is 30.9 Å². The van der Waals surface area contributed by atoms with Gasteiger partial charge in [-0.15, -0.1) is 0 Å². The minimum absolute atomic E-state index is 0.242. The highest BCUT2D eigenvalue weighted by molar-refractivity contribution is 5.79. The van der Waals surface area contributed by atoms with Gasteiger partial charge in [-0.3, -0.25) is 4.99 Å². The maximum atomic E-state index is 9.97. The number of nitrogens with zero attached hydrogens (tertiary/aromatic N) is 1. The fourth-order valence-electron chi connectivity index (χ4n) is 3.56. The summed E-state index contributed by atoms with van der Waals surface area (Å²) in [5.41, 5.74) is 0.769. The van der Waals surface area contributed by atoms with Crippen LogP contribution in [0.2, 0.25) is 0 Å². The lowest BCUT2D eigenvalue weighted by Gasteiger charge is -2.24. The van der Waals surface area contributed by atoms with Gasteiger partial charge in [-0.25, -0.2) is 0 Å². The lowest BCUT2D eigenvalue weighted by molar-refractivity contribution is 0.0169. The molecular weight excluding hydrogens is 330 g/mol. The second-order valence-corrected chi connectivity index (χ2v) is 6.67. The van der Waals surface area contributed by atoms with Crippen molar-refractivity contribution in [2.24, 2.45) is 10.9 Å². The van der Waals surface area contributed by atoms with Gasteiger partial charge in [0.1, 0.15) is 11.5 Å². The Morgan fingerprint density at radius 3 is 2.73 bits per heavy atom. The number of rotatable bonds is 9. The summed E-state index contributed by atoms with van der Waals surface area (Å²) in [7, 11) is 3.36. The third kappa shape index (κ3) is 6.09. The van der Waals surface area contributed by atoms with E-state index >= 15 is 0 Å². The molecule has 26 heavy (non-hydrogen) atoms. The summed E-state index contributed by atoms with van der Waals surface area (Å²) in [5.74, 6) is 2.37. The summed E-state index contributed by atoms with van der Waals surface area (Å²) in [4.78, 5) is 4.26. The molecule has 0 aliphatic heterocycles. The minimum Gasteiger partial charge on any atom is -0.508 e. The van der Waals surface area contributed by atoms with Gasteiger partial charge < -0.3 is 25.2 Å². The first-order valence-corrected chi connectivity index (χ1v) is 9.60. The molecule has 0 aromatic heterocycles. The number of aliphatic imine (C=N–C) groups is 1. The van der Waals surface area contributed by atoms with E-state index in [-0.39, 0.29) is 5.75 Å². The van der Waals surface area contributed by atoms with E-state index in [1.165, 1.54) is 25.7 Å². The average Bonchev–Trinajstić information content (AvgIpc) is 3.19. The van der Waals surface area contributed by atoms with Crippen LogP contribution in [0.25, 0.3) is 0 Å². The summed E-state index contributed by atoms with van der Waals surface area (Å²) in [6, 6.07) is 5.20. The summed E-state index contributed by atoms with van der Waals surface area (Å²) in [6.45, 7) is 4.12. The van der Waals surface area contributed by atoms with Gasteiger partial charge in [0.15, 0.2) is 5.96 Å². The lowest BCUT2D eigenvalue weighted by Crippen LogP contribution is -2.39. The topological polar surface area (TPSA) is 75.1 Å². The molecule has 1 aromatic rings. The van der Waals surface area contributed by atoms with E-state index in [0.29, 0.717) is 24.5 Å². The molecule has 1 saturated carbocycles. The summed E-state index contributed by atoms with van der Waals surface area (Å²) < 4.78 is 11.2. The number of hydrogen-bond acceptors (Lipinski definition) is 4. The van der Waals surface area contributed by atoms with Crippen molar-refractivity contribution in [1.29, 1.82) is 0 Å². The Morgan fingerprint density at radius 1 is 1.31 bits per heavy atom. The molecule has 3 N–H and O–H groups in total. The molecule has 1 aliphatic carbocycles. The van der Waals surface area contributed by atoms with Crippen LogP contribution in [-0.2, 0) is 11.3 Å². The Bertz CT molecular complexity index is 571. The van der Waals surface area contributed by atoms with Crippen molar-refractivity contribution in [3.05, 3.63) is 23.8 Å². The molecule has 0 radical (unpaired) electrons. The van der Waals surface area contributed by atoms with Crippen LogP contribution >= 0.6 is 0 Å². The molecule has 1 atom stereocenters. The zero-order chi connectivity index (χ0) is 18.8. The van der Waals surface area contributed by atoms with Crippen molar-refractivity contribution in [1.82, 2.24) is 10.6 Å². The third-order valence-corrected chi connectivity index (χ3v) is 4.98. The largest absolute Gasteiger partial charge is 0.508 e. The van der Waals surface area contributed by atoms with E-state index in [1.54, 1.807) is 26.3 Å². The average molecular weight is 364 g/mol. The molecule has 1 aromatic carbocycles. The molecule has 1 fully saturated rings. The second-order valence-electron chi connectivity index (χ2n) is 6.67. The fourth-order valence-corrected chi connectivity index (χ4v) is 3.56. The highest BCUT2D eigenvalue weighted by atomic mass is 16.5. The molecule has 0 amide bonds. The van der Waals surface area contributed by atoms with Gasteiger partial charge in [0.25, 0.3) is 0 Å². The van der Waals surface area contributed by atoms with E-state index in [9.17, 15) is 5.11 Å². The Balaban J connectivity index is 1.80. The highest BCUT2D eigenvalue weighted by Crippen LogP contribution is 2.30. The zero-order valence-corrected chi connectivity index (χ0v) is 16.3. The van der Waals surface area contributed by atoms with Crippen LogP contribution in [0.3, 0.4) is 0 Å². The van der Waals surface area contributed by atoms with Gasteiger partial charge in [-0.2, -0.15) is 0 Å². The monoisotopic (exact) mass is 363 g/mol. The minimum atomic E-state index is 0.242. The van der Waals surface area contributed by atoms with E-state index in [1.807, 2.05) is 6.07 Å². The van der Waals surface area contributed by atoms with E-state index in [2.05, 4.69) is 22.5 Å². The molecule has 0 spiro atoms. The van der Waals surface area contributed by atoms with Crippen LogP contribution in [0.4, 0.5) is 0 Å². The SMILES string of the molecule is CCOC(CCNC(=NC)NCc1cc(OC)ccc1O)C1CCCC1. The molecular formula is C20H33N3O3. The molecule has 0 bridgehead atoms.